The minimum atomic E-state index is -0.623. The summed E-state index contributed by atoms with van der Waals surface area (Å²) in [5, 5.41) is 9.76. The minimum absolute atomic E-state index is 0.0575. The van der Waals surface area contributed by atoms with Crippen LogP contribution in [0.2, 0.25) is 0 Å². The molecule has 1 rings (SSSR count). The molecule has 0 saturated heterocycles. The van der Waals surface area contributed by atoms with Crippen LogP contribution in [0.1, 0.15) is 400 Å². The molecule has 12 nitrogen and oxygen atoms in total. The van der Waals surface area contributed by atoms with Gasteiger partial charge >= 0.3 is 23.9 Å². The third kappa shape index (κ3) is 51.3. The predicted octanol–water partition coefficient (Wildman–Crippen LogP) is 23.1. The van der Waals surface area contributed by atoms with E-state index in [1.807, 2.05) is 13.0 Å². The highest BCUT2D eigenvalue weighted by Crippen LogP contribution is 2.39. The highest BCUT2D eigenvalue weighted by Gasteiger charge is 2.32. The molecule has 0 atom stereocenters. The number of amides is 1. The third-order valence-electron chi connectivity index (χ3n) is 20.4. The van der Waals surface area contributed by atoms with Crippen LogP contribution in [0.4, 0.5) is 0 Å². The normalized spacial score (nSPS) is 11.8. The lowest BCUT2D eigenvalue weighted by atomic mass is 9.77. The molecule has 0 aliphatic rings. The molecule has 566 valence electrons. The van der Waals surface area contributed by atoms with Crippen molar-refractivity contribution in [3.8, 4) is 5.75 Å². The van der Waals surface area contributed by atoms with Gasteiger partial charge in [-0.1, -0.05) is 293 Å². The van der Waals surface area contributed by atoms with E-state index in [4.69, 9.17) is 18.9 Å². The molecule has 97 heavy (non-hydrogen) atoms. The van der Waals surface area contributed by atoms with Gasteiger partial charge in [-0.2, -0.15) is 0 Å². The molecule has 0 unspecified atom stereocenters. The first-order chi connectivity index (χ1) is 47.1. The van der Waals surface area contributed by atoms with Crippen LogP contribution in [0.15, 0.2) is 12.1 Å². The molecule has 1 aromatic rings. The number of unbranched alkanes of at least 4 members (excludes halogenated alkanes) is 27. The first-order valence-corrected chi connectivity index (χ1v) is 41.5. The number of aliphatic hydroxyl groups excluding tert-OH is 1. The van der Waals surface area contributed by atoms with Crippen molar-refractivity contribution < 1.29 is 48.0 Å². The standard InChI is InChI=1S/C85H156N2O10/c1-11-17-35-48-75(49-36-18-12-2)58-67-94-80(90)54-41-29-23-26-32-44-61-86(62-47-66-88)65-57-83(93)97-78-71-73(7)70-74(8)84(78)85(9,10)72-79(89)87(63-45-33-27-24-30-42-55-81(91)95-68-59-76(50-37-19-13-3)51-38-20-14-4)64-46-34-28-25-31-43-56-82(92)96-69-60-77(52-39-21-15-5)53-40-22-16-6/h70-71,75-77,88H,11-69,72H2,1-10H3. The van der Waals surface area contributed by atoms with Gasteiger partial charge < -0.3 is 33.9 Å². The third-order valence-corrected chi connectivity index (χ3v) is 20.4. The predicted molar refractivity (Wildman–Crippen MR) is 408 cm³/mol. The fraction of sp³-hybridized carbons (Fsp3) is 0.871. The van der Waals surface area contributed by atoms with Crippen molar-refractivity contribution in [1.82, 2.24) is 9.80 Å². The van der Waals surface area contributed by atoms with Crippen LogP contribution in [0, 0.1) is 31.6 Å². The second-order valence-corrected chi connectivity index (χ2v) is 30.3. The molecule has 0 radical (unpaired) electrons. The maximum absolute atomic E-state index is 14.7. The quantitative estimate of drug-likeness (QED) is 0.0287. The number of aryl methyl sites for hydroxylation is 2. The van der Waals surface area contributed by atoms with Crippen molar-refractivity contribution in [2.24, 2.45) is 17.8 Å². The van der Waals surface area contributed by atoms with Crippen molar-refractivity contribution in [3.63, 3.8) is 0 Å². The van der Waals surface area contributed by atoms with E-state index in [1.54, 1.807) is 0 Å². The van der Waals surface area contributed by atoms with Crippen LogP contribution in [0.5, 0.6) is 5.75 Å². The van der Waals surface area contributed by atoms with Gasteiger partial charge in [0.15, 0.2) is 0 Å². The molecule has 0 heterocycles. The second-order valence-electron chi connectivity index (χ2n) is 30.3. The van der Waals surface area contributed by atoms with Gasteiger partial charge in [-0.05, 0) is 120 Å². The van der Waals surface area contributed by atoms with Crippen LogP contribution in [-0.2, 0) is 43.6 Å². The molecule has 0 spiro atoms. The summed E-state index contributed by atoms with van der Waals surface area (Å²) in [5.74, 6) is 2.14. The first-order valence-electron chi connectivity index (χ1n) is 41.5. The molecule has 0 aromatic heterocycles. The zero-order valence-electron chi connectivity index (χ0n) is 65.3. The van der Waals surface area contributed by atoms with Gasteiger partial charge in [0.05, 0.1) is 26.2 Å². The Morgan fingerprint density at radius 1 is 0.381 bits per heavy atom. The van der Waals surface area contributed by atoms with Crippen LogP contribution < -0.4 is 4.74 Å². The van der Waals surface area contributed by atoms with Gasteiger partial charge in [-0.15, -0.1) is 0 Å². The van der Waals surface area contributed by atoms with Crippen molar-refractivity contribution in [3.05, 3.63) is 28.8 Å². The van der Waals surface area contributed by atoms with Crippen LogP contribution >= 0.6 is 0 Å². The highest BCUT2D eigenvalue weighted by atomic mass is 16.5. The molecule has 0 bridgehead atoms. The number of esters is 4. The number of carbonyl (C=O) groups excluding carboxylic acids is 5. The summed E-state index contributed by atoms with van der Waals surface area (Å²) in [6.07, 6.45) is 53.6. The Kier molecular flexibility index (Phi) is 59.8. The van der Waals surface area contributed by atoms with Gasteiger partial charge in [0.1, 0.15) is 5.75 Å². The number of carbonyl (C=O) groups is 5. The average Bonchev–Trinajstić information content (AvgIpc) is 0.790. The topological polar surface area (TPSA) is 149 Å². The summed E-state index contributed by atoms with van der Waals surface area (Å²) < 4.78 is 23.5. The summed E-state index contributed by atoms with van der Waals surface area (Å²) >= 11 is 0. The molecule has 0 aliphatic carbocycles. The van der Waals surface area contributed by atoms with Crippen LogP contribution in [0.25, 0.3) is 0 Å². The fourth-order valence-corrected chi connectivity index (χ4v) is 14.4. The molecule has 0 fully saturated rings. The Labute approximate surface area is 598 Å². The number of nitrogens with zero attached hydrogens (tertiary/aromatic N) is 2. The van der Waals surface area contributed by atoms with Gasteiger partial charge in [0, 0.05) is 69.4 Å². The van der Waals surface area contributed by atoms with Gasteiger partial charge in [0.25, 0.3) is 0 Å². The smallest absolute Gasteiger partial charge is 0.312 e. The number of hydrogen-bond donors (Lipinski definition) is 1. The SMILES string of the molecule is CCCCCC(CCCCC)CCOC(=O)CCCCCCCCN(CCCO)CCC(=O)Oc1cc(C)cc(C)c1C(C)(C)CC(=O)N(CCCCCCCCC(=O)OCCC(CCCCC)CCCCC)CCCCCCCCC(=O)OCCC(CCCCC)CCCCC. The summed E-state index contributed by atoms with van der Waals surface area (Å²) in [7, 11) is 0. The Bertz CT molecular complexity index is 1970. The number of hydrogen-bond acceptors (Lipinski definition) is 11. The Morgan fingerprint density at radius 2 is 0.711 bits per heavy atom. The van der Waals surface area contributed by atoms with E-state index in [0.717, 1.165) is 158 Å². The highest BCUT2D eigenvalue weighted by molar-refractivity contribution is 5.79. The second kappa shape index (κ2) is 63.4. The van der Waals surface area contributed by atoms with Gasteiger partial charge in [-0.3, -0.25) is 24.0 Å². The number of benzene rings is 1. The maximum atomic E-state index is 14.7. The van der Waals surface area contributed by atoms with Gasteiger partial charge in [-0.25, -0.2) is 0 Å². The Balaban J connectivity index is 2.88. The summed E-state index contributed by atoms with van der Waals surface area (Å²) in [4.78, 5) is 70.9. The molecular weight excluding hydrogens is 1210 g/mol. The van der Waals surface area contributed by atoms with E-state index in [9.17, 15) is 29.1 Å². The molecule has 0 saturated carbocycles. The van der Waals surface area contributed by atoms with Crippen LogP contribution in [-0.4, -0.2) is 104 Å². The van der Waals surface area contributed by atoms with E-state index in [2.05, 4.69) is 78.2 Å². The van der Waals surface area contributed by atoms with E-state index >= 15 is 0 Å². The van der Waals surface area contributed by atoms with Crippen molar-refractivity contribution in [1.29, 1.82) is 0 Å². The zero-order chi connectivity index (χ0) is 71.3. The number of rotatable bonds is 70. The van der Waals surface area contributed by atoms with Crippen molar-refractivity contribution in [2.45, 2.75) is 402 Å². The Hall–Kier alpha value is -3.51. The van der Waals surface area contributed by atoms with E-state index < -0.39 is 5.41 Å². The maximum Gasteiger partial charge on any atom is 0.312 e. The summed E-state index contributed by atoms with van der Waals surface area (Å²) in [6, 6.07) is 4.07. The zero-order valence-corrected chi connectivity index (χ0v) is 65.3. The monoisotopic (exact) mass is 1370 g/mol. The minimum Gasteiger partial charge on any atom is -0.466 e. The Morgan fingerprint density at radius 3 is 1.06 bits per heavy atom. The number of aliphatic hydroxyl groups is 1. The summed E-state index contributed by atoms with van der Waals surface area (Å²) in [5.41, 5.74) is 2.27. The molecule has 12 heteroatoms. The fourth-order valence-electron chi connectivity index (χ4n) is 14.4. The molecule has 1 N–H and O–H groups in total. The lowest BCUT2D eigenvalue weighted by Gasteiger charge is -2.32. The molecule has 1 amide bonds. The molecule has 0 aliphatic heterocycles. The lowest BCUT2D eigenvalue weighted by molar-refractivity contribution is -0.145. The van der Waals surface area contributed by atoms with E-state index in [1.165, 1.54) is 154 Å². The summed E-state index contributed by atoms with van der Waals surface area (Å²) in [6.45, 7) is 27.0. The first kappa shape index (κ1) is 91.5. The molecule has 1 aromatic carbocycles. The van der Waals surface area contributed by atoms with Crippen molar-refractivity contribution >= 4 is 29.8 Å². The number of ether oxygens (including phenoxy) is 4. The largest absolute Gasteiger partial charge is 0.466 e. The lowest BCUT2D eigenvalue weighted by Crippen LogP contribution is -2.37. The van der Waals surface area contributed by atoms with E-state index in [-0.39, 0.29) is 49.2 Å². The van der Waals surface area contributed by atoms with Gasteiger partial charge in [0.2, 0.25) is 5.91 Å². The van der Waals surface area contributed by atoms with Crippen LogP contribution in [0.3, 0.4) is 0 Å². The molecular formula is C85H156N2O10. The van der Waals surface area contributed by atoms with E-state index in [0.29, 0.717) is 95.2 Å². The van der Waals surface area contributed by atoms with Crippen molar-refractivity contribution in [2.75, 3.05) is 59.2 Å². The average molecular weight is 1370 g/mol.